The highest BCUT2D eigenvalue weighted by Crippen LogP contribution is 2.36. The van der Waals surface area contributed by atoms with Crippen LogP contribution in [0.2, 0.25) is 0 Å². The third kappa shape index (κ3) is 2.58. The molecule has 3 rings (SSSR count). The van der Waals surface area contributed by atoms with Crippen molar-refractivity contribution in [3.8, 4) is 0 Å². The fourth-order valence-electron chi connectivity index (χ4n) is 3.61. The molecule has 0 bridgehead atoms. The van der Waals surface area contributed by atoms with E-state index in [1.165, 1.54) is 0 Å². The Labute approximate surface area is 131 Å². The SMILES string of the molecule is Cc1c(C(=O)N2CCOC(C)C2)[nH]c2c1C(=O)CC(C)(C)C2. The summed E-state index contributed by atoms with van der Waals surface area (Å²) < 4.78 is 5.49. The molecule has 1 atom stereocenters. The molecular weight excluding hydrogens is 280 g/mol. The van der Waals surface area contributed by atoms with Gasteiger partial charge in [-0.15, -0.1) is 0 Å². The molecular formula is C17H24N2O3. The zero-order valence-electron chi connectivity index (χ0n) is 13.8. The van der Waals surface area contributed by atoms with Crippen molar-refractivity contribution in [1.82, 2.24) is 9.88 Å². The topological polar surface area (TPSA) is 62.4 Å². The predicted octanol–water partition coefficient (Wildman–Crippen LogP) is 2.34. The van der Waals surface area contributed by atoms with Gasteiger partial charge in [-0.1, -0.05) is 13.8 Å². The first kappa shape index (κ1) is 15.3. The number of fused-ring (bicyclic) bond motifs is 1. The van der Waals surface area contributed by atoms with Crippen LogP contribution in [0.15, 0.2) is 0 Å². The van der Waals surface area contributed by atoms with Crippen molar-refractivity contribution in [3.63, 3.8) is 0 Å². The molecule has 1 saturated heterocycles. The summed E-state index contributed by atoms with van der Waals surface area (Å²) in [6.07, 6.45) is 1.41. The molecule has 1 amide bonds. The summed E-state index contributed by atoms with van der Waals surface area (Å²) in [6.45, 7) is 9.80. The van der Waals surface area contributed by atoms with E-state index in [9.17, 15) is 9.59 Å². The summed E-state index contributed by atoms with van der Waals surface area (Å²) in [5.74, 6) is 0.127. The summed E-state index contributed by atoms with van der Waals surface area (Å²) >= 11 is 0. The summed E-state index contributed by atoms with van der Waals surface area (Å²) in [5, 5.41) is 0. The number of aromatic amines is 1. The van der Waals surface area contributed by atoms with Crippen molar-refractivity contribution in [2.24, 2.45) is 5.41 Å². The zero-order valence-corrected chi connectivity index (χ0v) is 13.8. The molecule has 0 radical (unpaired) electrons. The second kappa shape index (κ2) is 5.23. The van der Waals surface area contributed by atoms with Crippen LogP contribution in [0.1, 0.15) is 59.3 Å². The van der Waals surface area contributed by atoms with Gasteiger partial charge in [-0.2, -0.15) is 0 Å². The monoisotopic (exact) mass is 304 g/mol. The Morgan fingerprint density at radius 3 is 2.77 bits per heavy atom. The maximum Gasteiger partial charge on any atom is 0.270 e. The lowest BCUT2D eigenvalue weighted by Gasteiger charge is -2.31. The van der Waals surface area contributed by atoms with Crippen LogP contribution in [0.5, 0.6) is 0 Å². The summed E-state index contributed by atoms with van der Waals surface area (Å²) in [5.41, 5.74) is 2.99. The van der Waals surface area contributed by atoms with Gasteiger partial charge in [0.25, 0.3) is 5.91 Å². The van der Waals surface area contributed by atoms with E-state index in [4.69, 9.17) is 4.74 Å². The number of morpholine rings is 1. The zero-order chi connectivity index (χ0) is 16.1. The average molecular weight is 304 g/mol. The number of amides is 1. The van der Waals surface area contributed by atoms with Crippen molar-refractivity contribution in [1.29, 1.82) is 0 Å². The predicted molar refractivity (Wildman–Crippen MR) is 83.3 cm³/mol. The Balaban J connectivity index is 1.93. The van der Waals surface area contributed by atoms with Crippen LogP contribution in [-0.2, 0) is 11.2 Å². The number of nitrogens with zero attached hydrogens (tertiary/aromatic N) is 1. The van der Waals surface area contributed by atoms with E-state index in [1.807, 2.05) is 18.7 Å². The number of aromatic nitrogens is 1. The molecule has 2 heterocycles. The lowest BCUT2D eigenvalue weighted by Crippen LogP contribution is -2.44. The Morgan fingerprint density at radius 1 is 1.36 bits per heavy atom. The third-order valence-electron chi connectivity index (χ3n) is 4.64. The minimum Gasteiger partial charge on any atom is -0.375 e. The molecule has 22 heavy (non-hydrogen) atoms. The van der Waals surface area contributed by atoms with Gasteiger partial charge in [0.15, 0.2) is 5.78 Å². The number of hydrogen-bond acceptors (Lipinski definition) is 3. The largest absolute Gasteiger partial charge is 0.375 e. The Hall–Kier alpha value is -1.62. The number of carbonyl (C=O) groups is 2. The fraction of sp³-hybridized carbons (Fsp3) is 0.647. The quantitative estimate of drug-likeness (QED) is 0.866. The van der Waals surface area contributed by atoms with Gasteiger partial charge in [0.1, 0.15) is 5.69 Å². The number of ketones is 1. The molecule has 1 unspecified atom stereocenters. The summed E-state index contributed by atoms with van der Waals surface area (Å²) in [7, 11) is 0. The van der Waals surface area contributed by atoms with Crippen molar-refractivity contribution in [3.05, 3.63) is 22.5 Å². The van der Waals surface area contributed by atoms with Crippen LogP contribution < -0.4 is 0 Å². The normalized spacial score (nSPS) is 24.3. The highest BCUT2D eigenvalue weighted by molar-refractivity contribution is 6.04. The maximum absolute atomic E-state index is 12.8. The molecule has 1 fully saturated rings. The second-order valence-corrected chi connectivity index (χ2v) is 7.35. The van der Waals surface area contributed by atoms with Gasteiger partial charge >= 0.3 is 0 Å². The molecule has 1 aliphatic heterocycles. The smallest absolute Gasteiger partial charge is 0.270 e. The number of H-pyrrole nitrogens is 1. The van der Waals surface area contributed by atoms with Crippen LogP contribution in [0.3, 0.4) is 0 Å². The van der Waals surface area contributed by atoms with Crippen molar-refractivity contribution in [2.75, 3.05) is 19.7 Å². The van der Waals surface area contributed by atoms with Crippen LogP contribution >= 0.6 is 0 Å². The van der Waals surface area contributed by atoms with Crippen molar-refractivity contribution in [2.45, 2.75) is 46.6 Å². The highest BCUT2D eigenvalue weighted by atomic mass is 16.5. The third-order valence-corrected chi connectivity index (χ3v) is 4.64. The molecule has 0 saturated carbocycles. The molecule has 120 valence electrons. The van der Waals surface area contributed by atoms with Crippen molar-refractivity contribution < 1.29 is 14.3 Å². The fourth-order valence-corrected chi connectivity index (χ4v) is 3.61. The van der Waals surface area contributed by atoms with E-state index < -0.39 is 0 Å². The number of carbonyl (C=O) groups excluding carboxylic acids is 2. The van der Waals surface area contributed by atoms with Crippen molar-refractivity contribution >= 4 is 11.7 Å². The van der Waals surface area contributed by atoms with Gasteiger partial charge in [-0.25, -0.2) is 0 Å². The molecule has 1 aromatic heterocycles. The maximum atomic E-state index is 12.8. The number of rotatable bonds is 1. The second-order valence-electron chi connectivity index (χ2n) is 7.35. The molecule has 0 spiro atoms. The Morgan fingerprint density at radius 2 is 2.09 bits per heavy atom. The lowest BCUT2D eigenvalue weighted by atomic mass is 9.75. The minimum atomic E-state index is -0.0465. The number of Topliss-reactive ketones (excluding diaryl/α,β-unsaturated/α-hetero) is 1. The standard InChI is InChI=1S/C17H24N2O3/c1-10-9-19(5-6-22-10)16(21)15-11(2)14-12(18-15)7-17(3,4)8-13(14)20/h10,18H,5-9H2,1-4H3. The van der Waals surface area contributed by atoms with Crippen LogP contribution in [-0.4, -0.2) is 47.4 Å². The van der Waals surface area contributed by atoms with Crippen LogP contribution in [0, 0.1) is 12.3 Å². The molecule has 1 aliphatic carbocycles. The lowest BCUT2D eigenvalue weighted by molar-refractivity contribution is -0.0126. The first-order valence-electron chi connectivity index (χ1n) is 7.94. The molecule has 5 nitrogen and oxygen atoms in total. The molecule has 1 N–H and O–H groups in total. The molecule has 5 heteroatoms. The van der Waals surface area contributed by atoms with E-state index in [-0.39, 0.29) is 23.2 Å². The number of hydrogen-bond donors (Lipinski definition) is 1. The van der Waals surface area contributed by atoms with Crippen LogP contribution in [0.4, 0.5) is 0 Å². The number of nitrogens with one attached hydrogen (secondary N) is 1. The van der Waals surface area contributed by atoms with Gasteiger partial charge in [0.2, 0.25) is 0 Å². The van der Waals surface area contributed by atoms with Gasteiger partial charge in [-0.05, 0) is 31.2 Å². The van der Waals surface area contributed by atoms with E-state index in [2.05, 4.69) is 18.8 Å². The van der Waals surface area contributed by atoms with Gasteiger partial charge in [0, 0.05) is 30.8 Å². The van der Waals surface area contributed by atoms with E-state index >= 15 is 0 Å². The Bertz CT molecular complexity index is 630. The molecule has 0 aromatic carbocycles. The summed E-state index contributed by atoms with van der Waals surface area (Å²) in [4.78, 5) is 30.3. The van der Waals surface area contributed by atoms with Gasteiger partial charge < -0.3 is 14.6 Å². The minimum absolute atomic E-state index is 0.0207. The van der Waals surface area contributed by atoms with E-state index in [0.717, 1.165) is 23.2 Å². The Kier molecular flexibility index (Phi) is 3.63. The first-order chi connectivity index (χ1) is 10.3. The summed E-state index contributed by atoms with van der Waals surface area (Å²) in [6, 6.07) is 0. The number of ether oxygens (including phenoxy) is 1. The van der Waals surface area contributed by atoms with Crippen LogP contribution in [0.25, 0.3) is 0 Å². The molecule has 1 aromatic rings. The van der Waals surface area contributed by atoms with Gasteiger partial charge in [0.05, 0.1) is 12.7 Å². The van der Waals surface area contributed by atoms with E-state index in [1.54, 1.807) is 0 Å². The highest BCUT2D eigenvalue weighted by Gasteiger charge is 2.36. The van der Waals surface area contributed by atoms with E-state index in [0.29, 0.717) is 31.8 Å². The molecule has 2 aliphatic rings. The first-order valence-corrected chi connectivity index (χ1v) is 7.94. The average Bonchev–Trinajstić information content (AvgIpc) is 2.73. The van der Waals surface area contributed by atoms with Gasteiger partial charge in [-0.3, -0.25) is 9.59 Å².